The Morgan fingerprint density at radius 2 is 2.27 bits per heavy atom. The van der Waals surface area contributed by atoms with Crippen molar-refractivity contribution in [2.45, 2.75) is 19.8 Å². The van der Waals surface area contributed by atoms with E-state index in [4.69, 9.17) is 0 Å². The molecule has 0 bridgehead atoms. The van der Waals surface area contributed by atoms with Gasteiger partial charge >= 0.3 is 0 Å². The molecule has 0 amide bonds. The van der Waals surface area contributed by atoms with Crippen LogP contribution in [0.25, 0.3) is 0 Å². The van der Waals surface area contributed by atoms with Crippen molar-refractivity contribution in [1.82, 2.24) is 0 Å². The summed E-state index contributed by atoms with van der Waals surface area (Å²) in [5, 5.41) is 0. The monoisotopic (exact) mass is 286 g/mol. The van der Waals surface area contributed by atoms with Crippen LogP contribution in [0.3, 0.4) is 0 Å². The molecule has 1 aromatic rings. The highest BCUT2D eigenvalue weighted by molar-refractivity contribution is 9.10. The third-order valence-electron chi connectivity index (χ3n) is 2.02. The first kappa shape index (κ1) is 12.8. The van der Waals surface area contributed by atoms with Crippen molar-refractivity contribution in [3.63, 3.8) is 0 Å². The molecule has 1 rings (SSSR count). The fourth-order valence-electron chi connectivity index (χ4n) is 1.16. The van der Waals surface area contributed by atoms with E-state index in [0.29, 0.717) is 5.75 Å². The van der Waals surface area contributed by atoms with Gasteiger partial charge in [0.2, 0.25) is 0 Å². The highest BCUT2D eigenvalue weighted by Gasteiger charge is 2.05. The highest BCUT2D eigenvalue weighted by Crippen LogP contribution is 2.14. The second-order valence-electron chi connectivity index (χ2n) is 3.34. The molecule has 0 aliphatic rings. The SMILES string of the molecule is CCCCSCC(=O)c1cccc(Br)c1. The summed E-state index contributed by atoms with van der Waals surface area (Å²) < 4.78 is 0.965. The summed E-state index contributed by atoms with van der Waals surface area (Å²) in [5.74, 6) is 1.89. The van der Waals surface area contributed by atoms with Crippen LogP contribution in [0.5, 0.6) is 0 Å². The molecule has 0 atom stereocenters. The third kappa shape index (κ3) is 4.85. The Morgan fingerprint density at radius 1 is 1.47 bits per heavy atom. The zero-order valence-electron chi connectivity index (χ0n) is 8.83. The number of carbonyl (C=O) groups excluding carboxylic acids is 1. The molecule has 0 N–H and O–H groups in total. The molecule has 0 fully saturated rings. The van der Waals surface area contributed by atoms with Gasteiger partial charge in [0.1, 0.15) is 0 Å². The van der Waals surface area contributed by atoms with Crippen LogP contribution in [0.1, 0.15) is 30.1 Å². The van der Waals surface area contributed by atoms with Gasteiger partial charge in [-0.25, -0.2) is 0 Å². The van der Waals surface area contributed by atoms with Crippen LogP contribution in [0.2, 0.25) is 0 Å². The average Bonchev–Trinajstić information content (AvgIpc) is 2.24. The second kappa shape index (κ2) is 7.07. The number of ketones is 1. The number of rotatable bonds is 6. The first-order valence-corrected chi connectivity index (χ1v) is 7.05. The zero-order valence-corrected chi connectivity index (χ0v) is 11.2. The molecule has 0 radical (unpaired) electrons. The largest absolute Gasteiger partial charge is 0.293 e. The van der Waals surface area contributed by atoms with E-state index >= 15 is 0 Å². The van der Waals surface area contributed by atoms with E-state index in [2.05, 4.69) is 22.9 Å². The van der Waals surface area contributed by atoms with Gasteiger partial charge in [-0.1, -0.05) is 41.4 Å². The fraction of sp³-hybridized carbons (Fsp3) is 0.417. The van der Waals surface area contributed by atoms with E-state index in [1.807, 2.05) is 24.3 Å². The molecule has 3 heteroatoms. The van der Waals surface area contributed by atoms with Crippen molar-refractivity contribution < 1.29 is 4.79 Å². The van der Waals surface area contributed by atoms with E-state index in [1.165, 1.54) is 12.8 Å². The normalized spacial score (nSPS) is 10.3. The summed E-state index contributed by atoms with van der Waals surface area (Å²) >= 11 is 5.09. The lowest BCUT2D eigenvalue weighted by Gasteiger charge is -2.01. The predicted octanol–water partition coefficient (Wildman–Crippen LogP) is 4.17. The van der Waals surface area contributed by atoms with Crippen LogP contribution in [0, 0.1) is 0 Å². The molecule has 1 aromatic carbocycles. The van der Waals surface area contributed by atoms with Crippen LogP contribution in [0.4, 0.5) is 0 Å². The number of thioether (sulfide) groups is 1. The van der Waals surface area contributed by atoms with E-state index in [1.54, 1.807) is 11.8 Å². The van der Waals surface area contributed by atoms with E-state index in [9.17, 15) is 4.79 Å². The summed E-state index contributed by atoms with van der Waals surface area (Å²) in [6, 6.07) is 7.57. The molecule has 0 spiro atoms. The lowest BCUT2D eigenvalue weighted by Crippen LogP contribution is -2.02. The lowest BCUT2D eigenvalue weighted by molar-refractivity contribution is 0.102. The summed E-state index contributed by atoms with van der Waals surface area (Å²) in [5.41, 5.74) is 0.799. The van der Waals surface area contributed by atoms with Gasteiger partial charge in [0.25, 0.3) is 0 Å². The minimum absolute atomic E-state index is 0.220. The Bertz CT molecular complexity index is 325. The number of hydrogen-bond donors (Lipinski definition) is 0. The summed E-state index contributed by atoms with van der Waals surface area (Å²) in [4.78, 5) is 11.7. The Hall–Kier alpha value is -0.280. The highest BCUT2D eigenvalue weighted by atomic mass is 79.9. The van der Waals surface area contributed by atoms with Gasteiger partial charge in [-0.15, -0.1) is 0 Å². The van der Waals surface area contributed by atoms with Crippen molar-refractivity contribution in [2.75, 3.05) is 11.5 Å². The summed E-state index contributed by atoms with van der Waals surface area (Å²) in [7, 11) is 0. The first-order chi connectivity index (χ1) is 7.24. The van der Waals surface area contributed by atoms with E-state index in [0.717, 1.165) is 15.8 Å². The van der Waals surface area contributed by atoms with Crippen molar-refractivity contribution >= 4 is 33.5 Å². The fourth-order valence-corrected chi connectivity index (χ4v) is 2.54. The maximum absolute atomic E-state index is 11.7. The molecule has 1 nitrogen and oxygen atoms in total. The minimum Gasteiger partial charge on any atom is -0.293 e. The Kier molecular flexibility index (Phi) is 6.03. The van der Waals surface area contributed by atoms with Gasteiger partial charge in [0, 0.05) is 10.0 Å². The van der Waals surface area contributed by atoms with Gasteiger partial charge in [0.15, 0.2) is 5.78 Å². The number of carbonyl (C=O) groups is 1. The van der Waals surface area contributed by atoms with Crippen molar-refractivity contribution in [2.24, 2.45) is 0 Å². The topological polar surface area (TPSA) is 17.1 Å². The first-order valence-electron chi connectivity index (χ1n) is 5.10. The molecule has 0 unspecified atom stereocenters. The number of Topliss-reactive ketones (excluding diaryl/α,β-unsaturated/α-hetero) is 1. The molecule has 0 aliphatic carbocycles. The molecule has 82 valence electrons. The van der Waals surface area contributed by atoms with Gasteiger partial charge in [-0.3, -0.25) is 4.79 Å². The van der Waals surface area contributed by atoms with Gasteiger partial charge in [-0.2, -0.15) is 11.8 Å². The summed E-state index contributed by atoms with van der Waals surface area (Å²) in [6.45, 7) is 2.16. The molecule has 0 saturated carbocycles. The predicted molar refractivity (Wildman–Crippen MR) is 70.7 cm³/mol. The number of unbranched alkanes of at least 4 members (excludes halogenated alkanes) is 1. The molecule has 0 aliphatic heterocycles. The summed E-state index contributed by atoms with van der Waals surface area (Å²) in [6.07, 6.45) is 2.38. The lowest BCUT2D eigenvalue weighted by atomic mass is 10.2. The smallest absolute Gasteiger partial charge is 0.172 e. The number of halogens is 1. The molecule has 0 saturated heterocycles. The van der Waals surface area contributed by atoms with Crippen LogP contribution in [-0.2, 0) is 0 Å². The van der Waals surface area contributed by atoms with Crippen LogP contribution in [0.15, 0.2) is 28.7 Å². The molecule has 0 heterocycles. The van der Waals surface area contributed by atoms with Crippen molar-refractivity contribution in [1.29, 1.82) is 0 Å². The molecular formula is C12H15BrOS. The Balaban J connectivity index is 2.40. The molecular weight excluding hydrogens is 272 g/mol. The second-order valence-corrected chi connectivity index (χ2v) is 5.36. The Labute approximate surface area is 104 Å². The van der Waals surface area contributed by atoms with Gasteiger partial charge in [-0.05, 0) is 24.3 Å². The van der Waals surface area contributed by atoms with Crippen LogP contribution < -0.4 is 0 Å². The van der Waals surface area contributed by atoms with E-state index in [-0.39, 0.29) is 5.78 Å². The Morgan fingerprint density at radius 3 is 2.93 bits per heavy atom. The molecule has 0 aromatic heterocycles. The van der Waals surface area contributed by atoms with Crippen LogP contribution >= 0.6 is 27.7 Å². The number of benzene rings is 1. The quantitative estimate of drug-likeness (QED) is 0.577. The maximum Gasteiger partial charge on any atom is 0.172 e. The van der Waals surface area contributed by atoms with Crippen molar-refractivity contribution in [3.8, 4) is 0 Å². The maximum atomic E-state index is 11.7. The number of hydrogen-bond acceptors (Lipinski definition) is 2. The van der Waals surface area contributed by atoms with Crippen molar-refractivity contribution in [3.05, 3.63) is 34.3 Å². The van der Waals surface area contributed by atoms with Crippen LogP contribution in [-0.4, -0.2) is 17.3 Å². The van der Waals surface area contributed by atoms with E-state index < -0.39 is 0 Å². The minimum atomic E-state index is 0.220. The average molecular weight is 287 g/mol. The zero-order chi connectivity index (χ0) is 11.1. The van der Waals surface area contributed by atoms with Gasteiger partial charge in [0.05, 0.1) is 5.75 Å². The standard InChI is InChI=1S/C12H15BrOS/c1-2-3-7-15-9-12(14)10-5-4-6-11(13)8-10/h4-6,8H,2-3,7,9H2,1H3. The van der Waals surface area contributed by atoms with Gasteiger partial charge < -0.3 is 0 Å². The third-order valence-corrected chi connectivity index (χ3v) is 3.56. The molecule has 15 heavy (non-hydrogen) atoms.